The van der Waals surface area contributed by atoms with Crippen LogP contribution in [-0.4, -0.2) is 75.5 Å². The van der Waals surface area contributed by atoms with Gasteiger partial charge in [-0.1, -0.05) is 17.3 Å². The van der Waals surface area contributed by atoms with Crippen molar-refractivity contribution in [3.63, 3.8) is 0 Å². The third-order valence-corrected chi connectivity index (χ3v) is 6.59. The maximum Gasteiger partial charge on any atom is 0.416 e. The molecule has 1 aliphatic heterocycles. The summed E-state index contributed by atoms with van der Waals surface area (Å²) in [6.07, 6.45) is -3.34. The van der Waals surface area contributed by atoms with Crippen LogP contribution < -0.4 is 14.4 Å². The quantitative estimate of drug-likeness (QED) is 0.374. The molecule has 4 rings (SSSR count). The third kappa shape index (κ3) is 6.75. The fourth-order valence-electron chi connectivity index (χ4n) is 4.62. The first-order valence-electron chi connectivity index (χ1n) is 12.3. The van der Waals surface area contributed by atoms with Gasteiger partial charge in [0, 0.05) is 43.5 Å². The Labute approximate surface area is 215 Å². The summed E-state index contributed by atoms with van der Waals surface area (Å²) in [5, 5.41) is 4.22. The minimum atomic E-state index is -4.32. The van der Waals surface area contributed by atoms with E-state index in [1.54, 1.807) is 20.3 Å². The van der Waals surface area contributed by atoms with Gasteiger partial charge in [-0.15, -0.1) is 0 Å². The number of rotatable bonds is 10. The van der Waals surface area contributed by atoms with Crippen LogP contribution in [-0.2, 0) is 12.7 Å². The Hall–Kier alpha value is -3.24. The van der Waals surface area contributed by atoms with E-state index in [-0.39, 0.29) is 0 Å². The topological polar surface area (TPSA) is 54.2 Å². The number of ether oxygens (including phenoxy) is 2. The molecule has 2 aromatic carbocycles. The molecular formula is C27H33F3N4O3. The number of para-hydroxylation sites is 1. The molecule has 0 unspecified atom stereocenters. The number of methoxy groups -OCH3 is 2. The summed E-state index contributed by atoms with van der Waals surface area (Å²) in [4.78, 5) is 6.57. The van der Waals surface area contributed by atoms with Gasteiger partial charge in [0.25, 0.3) is 0 Å². The van der Waals surface area contributed by atoms with Gasteiger partial charge in [0.05, 0.1) is 26.3 Å². The van der Waals surface area contributed by atoms with Crippen LogP contribution >= 0.6 is 0 Å². The van der Waals surface area contributed by atoms with Gasteiger partial charge in [-0.2, -0.15) is 13.2 Å². The molecule has 3 aromatic rings. The minimum absolute atomic E-state index is 0.600. The second-order valence-corrected chi connectivity index (χ2v) is 9.19. The lowest BCUT2D eigenvalue weighted by Crippen LogP contribution is -2.47. The predicted octanol–water partition coefficient (Wildman–Crippen LogP) is 5.02. The third-order valence-electron chi connectivity index (χ3n) is 6.59. The molecule has 0 aliphatic carbocycles. The van der Waals surface area contributed by atoms with Crippen LogP contribution in [0.15, 0.2) is 53.1 Å². The van der Waals surface area contributed by atoms with Crippen molar-refractivity contribution >= 4 is 5.69 Å². The van der Waals surface area contributed by atoms with E-state index < -0.39 is 11.7 Å². The Morgan fingerprint density at radius 1 is 1.00 bits per heavy atom. The van der Waals surface area contributed by atoms with Gasteiger partial charge in [-0.3, -0.25) is 9.80 Å². The molecule has 2 heterocycles. The molecule has 0 radical (unpaired) electrons. The monoisotopic (exact) mass is 518 g/mol. The van der Waals surface area contributed by atoms with Crippen molar-refractivity contribution in [2.24, 2.45) is 0 Å². The maximum absolute atomic E-state index is 13.0. The molecular weight excluding hydrogens is 485 g/mol. The number of nitrogens with zero attached hydrogens (tertiary/aromatic N) is 4. The van der Waals surface area contributed by atoms with Crippen molar-refractivity contribution in [3.05, 3.63) is 59.9 Å². The van der Waals surface area contributed by atoms with E-state index in [1.165, 1.54) is 12.1 Å². The van der Waals surface area contributed by atoms with Crippen LogP contribution in [0.2, 0.25) is 0 Å². The van der Waals surface area contributed by atoms with E-state index in [9.17, 15) is 13.2 Å². The number of halogens is 3. The summed E-state index contributed by atoms with van der Waals surface area (Å²) >= 11 is 0. The fraction of sp³-hybridized carbons (Fsp3) is 0.444. The molecule has 10 heteroatoms. The lowest BCUT2D eigenvalue weighted by atomic mass is 10.1. The molecule has 1 aromatic heterocycles. The predicted molar refractivity (Wildman–Crippen MR) is 136 cm³/mol. The standard InChI is InChI=1S/C27H33F3N4O3/c1-32(19-22-18-24(31-37-22)23-9-5-10-25(35-2)26(23)36-3)11-6-12-33-13-15-34(16-14-33)21-8-4-7-20(17-21)27(28,29)30/h4-5,7-10,17-18H,6,11-16,19H2,1-3H3. The number of hydrogen-bond acceptors (Lipinski definition) is 7. The Morgan fingerprint density at radius 3 is 2.46 bits per heavy atom. The smallest absolute Gasteiger partial charge is 0.416 e. The van der Waals surface area contributed by atoms with E-state index >= 15 is 0 Å². The summed E-state index contributed by atoms with van der Waals surface area (Å²) in [5.74, 6) is 2.01. The van der Waals surface area contributed by atoms with Crippen molar-refractivity contribution in [2.75, 3.05) is 65.4 Å². The number of anilines is 1. The number of alkyl halides is 3. The van der Waals surface area contributed by atoms with Crippen molar-refractivity contribution < 1.29 is 27.2 Å². The van der Waals surface area contributed by atoms with Crippen LogP contribution in [0.25, 0.3) is 11.3 Å². The Balaban J connectivity index is 1.22. The Bertz CT molecular complexity index is 1160. The maximum atomic E-state index is 13.0. The van der Waals surface area contributed by atoms with Crippen molar-refractivity contribution in [1.82, 2.24) is 15.0 Å². The van der Waals surface area contributed by atoms with Crippen LogP contribution in [0, 0.1) is 0 Å². The molecule has 0 N–H and O–H groups in total. The fourth-order valence-corrected chi connectivity index (χ4v) is 4.62. The molecule has 0 saturated carbocycles. The molecule has 37 heavy (non-hydrogen) atoms. The van der Waals surface area contributed by atoms with Gasteiger partial charge in [-0.25, -0.2) is 0 Å². The van der Waals surface area contributed by atoms with Gasteiger partial charge >= 0.3 is 6.18 Å². The normalized spacial score (nSPS) is 14.8. The number of piperazine rings is 1. The lowest BCUT2D eigenvalue weighted by Gasteiger charge is -2.36. The zero-order chi connectivity index (χ0) is 26.4. The van der Waals surface area contributed by atoms with E-state index in [0.29, 0.717) is 42.5 Å². The van der Waals surface area contributed by atoms with Crippen LogP contribution in [0.1, 0.15) is 17.7 Å². The summed E-state index contributed by atoms with van der Waals surface area (Å²) in [7, 11) is 5.24. The van der Waals surface area contributed by atoms with Gasteiger partial charge in [0.2, 0.25) is 0 Å². The summed E-state index contributed by atoms with van der Waals surface area (Å²) in [6, 6.07) is 13.1. The molecule has 1 aliphatic rings. The first-order chi connectivity index (χ1) is 17.8. The number of aromatic nitrogens is 1. The first-order valence-corrected chi connectivity index (χ1v) is 12.3. The highest BCUT2D eigenvalue weighted by molar-refractivity contribution is 5.71. The van der Waals surface area contributed by atoms with Gasteiger partial charge in [-0.05, 0) is 56.9 Å². The molecule has 0 amide bonds. The summed E-state index contributed by atoms with van der Waals surface area (Å²) in [5.41, 5.74) is 1.53. The molecule has 200 valence electrons. The van der Waals surface area contributed by atoms with E-state index in [1.807, 2.05) is 36.2 Å². The Morgan fingerprint density at radius 2 is 1.76 bits per heavy atom. The molecule has 0 atom stereocenters. The summed E-state index contributed by atoms with van der Waals surface area (Å²) in [6.45, 7) is 5.53. The molecule has 7 nitrogen and oxygen atoms in total. The Kier molecular flexibility index (Phi) is 8.60. The summed E-state index contributed by atoms with van der Waals surface area (Å²) < 4.78 is 55.5. The van der Waals surface area contributed by atoms with E-state index in [2.05, 4.69) is 15.0 Å². The van der Waals surface area contributed by atoms with Crippen LogP contribution in [0.5, 0.6) is 11.5 Å². The van der Waals surface area contributed by atoms with Crippen molar-refractivity contribution in [2.45, 2.75) is 19.1 Å². The number of hydrogen-bond donors (Lipinski definition) is 0. The molecule has 0 bridgehead atoms. The van der Waals surface area contributed by atoms with Gasteiger partial charge in [0.1, 0.15) is 5.69 Å². The molecule has 0 spiro atoms. The average Bonchev–Trinajstić information content (AvgIpc) is 3.36. The lowest BCUT2D eigenvalue weighted by molar-refractivity contribution is -0.137. The zero-order valence-corrected chi connectivity index (χ0v) is 21.4. The second-order valence-electron chi connectivity index (χ2n) is 9.19. The van der Waals surface area contributed by atoms with Crippen LogP contribution in [0.3, 0.4) is 0 Å². The van der Waals surface area contributed by atoms with Gasteiger partial charge < -0.3 is 18.9 Å². The zero-order valence-electron chi connectivity index (χ0n) is 21.4. The minimum Gasteiger partial charge on any atom is -0.493 e. The van der Waals surface area contributed by atoms with Crippen LogP contribution in [0.4, 0.5) is 18.9 Å². The highest BCUT2D eigenvalue weighted by Gasteiger charge is 2.31. The molecule has 1 saturated heterocycles. The highest BCUT2D eigenvalue weighted by atomic mass is 19.4. The SMILES string of the molecule is COc1cccc(-c2cc(CN(C)CCCN3CCN(c4cccc(C(F)(F)F)c4)CC3)on2)c1OC. The van der Waals surface area contributed by atoms with Crippen molar-refractivity contribution in [1.29, 1.82) is 0 Å². The second kappa shape index (κ2) is 11.9. The number of benzene rings is 2. The van der Waals surface area contributed by atoms with E-state index in [4.69, 9.17) is 14.0 Å². The molecule has 1 fully saturated rings. The first kappa shape index (κ1) is 26.8. The highest BCUT2D eigenvalue weighted by Crippen LogP contribution is 2.37. The largest absolute Gasteiger partial charge is 0.493 e. The van der Waals surface area contributed by atoms with E-state index in [0.717, 1.165) is 50.0 Å². The van der Waals surface area contributed by atoms with Crippen molar-refractivity contribution in [3.8, 4) is 22.8 Å². The average molecular weight is 519 g/mol. The van der Waals surface area contributed by atoms with Gasteiger partial charge in [0.15, 0.2) is 17.3 Å².